The van der Waals surface area contributed by atoms with Crippen LogP contribution in [-0.2, 0) is 9.53 Å². The number of carbonyl (C=O) groups excluding carboxylic acids is 2. The number of fused-ring (bicyclic) bond motifs is 5. The first-order chi connectivity index (χ1) is 14.1. The van der Waals surface area contributed by atoms with Gasteiger partial charge in [0.2, 0.25) is 5.88 Å². The molecule has 1 aromatic heterocycles. The topological polar surface area (TPSA) is 89.6 Å². The molecule has 2 aromatic rings. The van der Waals surface area contributed by atoms with E-state index in [9.17, 15) is 9.59 Å². The Bertz CT molecular complexity index is 953. The Morgan fingerprint density at radius 2 is 1.83 bits per heavy atom. The zero-order valence-electron chi connectivity index (χ0n) is 16.2. The monoisotopic (exact) mass is 393 g/mol. The molecule has 0 saturated heterocycles. The van der Waals surface area contributed by atoms with E-state index in [4.69, 9.17) is 9.47 Å². The molecule has 150 valence electrons. The largest absolute Gasteiger partial charge is 0.475 e. The number of nitrogens with zero attached hydrogens (tertiary/aromatic N) is 1. The van der Waals surface area contributed by atoms with E-state index in [1.54, 1.807) is 37.4 Å². The van der Waals surface area contributed by atoms with Gasteiger partial charge in [-0.3, -0.25) is 9.59 Å². The highest BCUT2D eigenvalue weighted by molar-refractivity contribution is 6.01. The normalized spacial score (nSPS) is 17.6. The molecule has 2 N–H and O–H groups in total. The number of pyridine rings is 1. The molecule has 0 spiro atoms. The van der Waals surface area contributed by atoms with Crippen LogP contribution < -0.4 is 15.4 Å². The van der Waals surface area contributed by atoms with Crippen LogP contribution in [0, 0.1) is 0 Å². The molecule has 2 amide bonds. The summed E-state index contributed by atoms with van der Waals surface area (Å²) >= 11 is 0. The van der Waals surface area contributed by atoms with E-state index in [1.165, 1.54) is 0 Å². The van der Waals surface area contributed by atoms with Gasteiger partial charge in [0.25, 0.3) is 11.8 Å². The maximum Gasteiger partial charge on any atom is 0.255 e. The summed E-state index contributed by atoms with van der Waals surface area (Å²) in [7, 11) is 0. The van der Waals surface area contributed by atoms with Gasteiger partial charge in [0.1, 0.15) is 6.61 Å². The quantitative estimate of drug-likeness (QED) is 0.671. The van der Waals surface area contributed by atoms with E-state index in [1.807, 2.05) is 18.2 Å². The lowest BCUT2D eigenvalue weighted by Crippen LogP contribution is -2.33. The Kier molecular flexibility index (Phi) is 6.76. The van der Waals surface area contributed by atoms with Gasteiger partial charge in [-0.05, 0) is 36.2 Å². The smallest absolute Gasteiger partial charge is 0.255 e. The molecule has 0 fully saturated rings. The van der Waals surface area contributed by atoms with Crippen molar-refractivity contribution in [3.8, 4) is 17.0 Å². The zero-order chi connectivity index (χ0) is 20.6. The fraction of sp³-hybridized carbons (Fsp3) is 0.227. The van der Waals surface area contributed by atoms with Crippen molar-refractivity contribution in [1.82, 2.24) is 15.6 Å². The molecule has 7 nitrogen and oxygen atoms in total. The maximum absolute atomic E-state index is 12.7. The molecular weight excluding hydrogens is 370 g/mol. The molecular formula is C22H23N3O4. The lowest BCUT2D eigenvalue weighted by Gasteiger charge is -2.14. The summed E-state index contributed by atoms with van der Waals surface area (Å²) in [6, 6.07) is 10.9. The van der Waals surface area contributed by atoms with Gasteiger partial charge in [0.05, 0.1) is 18.8 Å². The van der Waals surface area contributed by atoms with Gasteiger partial charge in [0.15, 0.2) is 0 Å². The Morgan fingerprint density at radius 3 is 2.66 bits per heavy atom. The Balaban J connectivity index is 1.91. The van der Waals surface area contributed by atoms with Crippen molar-refractivity contribution in [2.75, 3.05) is 26.4 Å². The third kappa shape index (κ3) is 5.30. The second-order valence-corrected chi connectivity index (χ2v) is 6.32. The van der Waals surface area contributed by atoms with Gasteiger partial charge in [-0.1, -0.05) is 24.8 Å². The summed E-state index contributed by atoms with van der Waals surface area (Å²) in [6.07, 6.45) is 3.30. The van der Waals surface area contributed by atoms with Crippen LogP contribution in [-0.4, -0.2) is 43.2 Å². The van der Waals surface area contributed by atoms with Gasteiger partial charge in [-0.2, -0.15) is 0 Å². The number of rotatable bonds is 0. The first-order valence-electron chi connectivity index (χ1n) is 9.30. The number of hydrogen-bond acceptors (Lipinski definition) is 5. The lowest BCUT2D eigenvalue weighted by atomic mass is 10.0. The highest BCUT2D eigenvalue weighted by Crippen LogP contribution is 2.23. The van der Waals surface area contributed by atoms with Gasteiger partial charge < -0.3 is 20.1 Å². The van der Waals surface area contributed by atoms with Crippen LogP contribution in [0.2, 0.25) is 0 Å². The van der Waals surface area contributed by atoms with Crippen LogP contribution in [0.15, 0.2) is 66.5 Å². The summed E-state index contributed by atoms with van der Waals surface area (Å²) < 4.78 is 11.1. The van der Waals surface area contributed by atoms with Gasteiger partial charge in [0, 0.05) is 30.1 Å². The van der Waals surface area contributed by atoms with Crippen LogP contribution in [0.3, 0.4) is 0 Å². The third-order valence-corrected chi connectivity index (χ3v) is 4.34. The summed E-state index contributed by atoms with van der Waals surface area (Å²) in [6.45, 7) is 6.89. The number of carbonyl (C=O) groups is 2. The summed E-state index contributed by atoms with van der Waals surface area (Å²) in [5, 5.41) is 5.48. The summed E-state index contributed by atoms with van der Waals surface area (Å²) in [5.74, 6) is -0.223. The lowest BCUT2D eigenvalue weighted by molar-refractivity contribution is -0.117. The number of hydrogen-bond donors (Lipinski definition) is 2. The standard InChI is InChI=1S/C22H23N3O4/c1-3-19-15(2)21(26)24-9-10-28-11-12-29-20-14-17(7-8-23-20)16-5-4-6-18(13-16)22(27)25-19/h3-8,13-14H,2,9-12H2,1H3,(H,24,26)(H,25,27)/b19-3+. The Morgan fingerprint density at radius 1 is 1.03 bits per heavy atom. The minimum absolute atomic E-state index is 0.181. The van der Waals surface area contributed by atoms with Crippen molar-refractivity contribution in [2.24, 2.45) is 0 Å². The number of aromatic nitrogens is 1. The van der Waals surface area contributed by atoms with Crippen molar-refractivity contribution < 1.29 is 19.1 Å². The summed E-state index contributed by atoms with van der Waals surface area (Å²) in [4.78, 5) is 29.2. The highest BCUT2D eigenvalue weighted by atomic mass is 16.5. The van der Waals surface area contributed by atoms with E-state index < -0.39 is 0 Å². The average Bonchev–Trinajstić information content (AvgIpc) is 2.75. The fourth-order valence-corrected chi connectivity index (χ4v) is 2.80. The van der Waals surface area contributed by atoms with Crippen molar-refractivity contribution in [3.05, 3.63) is 72.1 Å². The molecule has 2 heterocycles. The van der Waals surface area contributed by atoms with Gasteiger partial charge in [-0.25, -0.2) is 4.98 Å². The molecule has 0 unspecified atom stereocenters. The Hall–Kier alpha value is -3.45. The molecule has 0 aliphatic carbocycles. The fourth-order valence-electron chi connectivity index (χ4n) is 2.80. The predicted octanol–water partition coefficient (Wildman–Crippen LogP) is 2.46. The summed E-state index contributed by atoms with van der Waals surface area (Å²) in [5.41, 5.74) is 2.73. The number of ether oxygens (including phenoxy) is 2. The van der Waals surface area contributed by atoms with Crippen molar-refractivity contribution >= 4 is 11.8 Å². The minimum atomic E-state index is -0.368. The van der Waals surface area contributed by atoms with Crippen molar-refractivity contribution in [3.63, 3.8) is 0 Å². The van der Waals surface area contributed by atoms with Crippen LogP contribution >= 0.6 is 0 Å². The molecule has 4 bridgehead atoms. The molecule has 1 aromatic carbocycles. The molecule has 0 atom stereocenters. The van der Waals surface area contributed by atoms with Gasteiger partial charge >= 0.3 is 0 Å². The zero-order valence-corrected chi connectivity index (χ0v) is 16.2. The second-order valence-electron chi connectivity index (χ2n) is 6.32. The highest BCUT2D eigenvalue weighted by Gasteiger charge is 2.15. The van der Waals surface area contributed by atoms with E-state index in [2.05, 4.69) is 22.2 Å². The Labute approximate surface area is 169 Å². The molecule has 0 saturated carbocycles. The number of benzene rings is 1. The van der Waals surface area contributed by atoms with Crippen LogP contribution in [0.1, 0.15) is 17.3 Å². The van der Waals surface area contributed by atoms with Crippen LogP contribution in [0.4, 0.5) is 0 Å². The van der Waals surface area contributed by atoms with Crippen LogP contribution in [0.25, 0.3) is 11.1 Å². The molecule has 1 aliphatic heterocycles. The molecule has 1 aliphatic rings. The SMILES string of the molecule is C=C1C(=O)NCCOCCOc2cc(ccn2)-c2cccc(c2)C(=O)N/C1=C/C. The van der Waals surface area contributed by atoms with Crippen molar-refractivity contribution in [2.45, 2.75) is 6.92 Å². The molecule has 29 heavy (non-hydrogen) atoms. The van der Waals surface area contributed by atoms with Gasteiger partial charge in [-0.15, -0.1) is 0 Å². The second kappa shape index (κ2) is 9.66. The number of nitrogens with one attached hydrogen (secondary N) is 2. The number of amides is 2. The third-order valence-electron chi connectivity index (χ3n) is 4.34. The molecule has 0 radical (unpaired) electrons. The number of allylic oxidation sites excluding steroid dienone is 1. The van der Waals surface area contributed by atoms with E-state index >= 15 is 0 Å². The predicted molar refractivity (Wildman–Crippen MR) is 109 cm³/mol. The average molecular weight is 393 g/mol. The first kappa shape index (κ1) is 20.3. The maximum atomic E-state index is 12.7. The van der Waals surface area contributed by atoms with Crippen LogP contribution in [0.5, 0.6) is 5.88 Å². The first-order valence-corrected chi connectivity index (χ1v) is 9.30. The van der Waals surface area contributed by atoms with E-state index in [0.29, 0.717) is 43.5 Å². The van der Waals surface area contributed by atoms with E-state index in [0.717, 1.165) is 11.1 Å². The minimum Gasteiger partial charge on any atom is -0.475 e. The van der Waals surface area contributed by atoms with Crippen molar-refractivity contribution in [1.29, 1.82) is 0 Å². The molecule has 7 heteroatoms. The molecule has 3 rings (SSSR count). The van der Waals surface area contributed by atoms with E-state index in [-0.39, 0.29) is 17.4 Å².